The fourth-order valence-corrected chi connectivity index (χ4v) is 25.0. The molecule has 1 aromatic rings. The summed E-state index contributed by atoms with van der Waals surface area (Å²) in [7, 11) is 2.17. The van der Waals surface area contributed by atoms with E-state index in [1.165, 1.54) is 70.6 Å². The van der Waals surface area contributed by atoms with Crippen LogP contribution in [-0.2, 0) is 6.16 Å². The molecule has 0 aromatic heterocycles. The summed E-state index contributed by atoms with van der Waals surface area (Å²) in [4.78, 5) is 0. The second-order valence-electron chi connectivity index (χ2n) is 21.9. The Kier molecular flexibility index (Phi) is 8.95. The molecule has 10 fully saturated rings. The van der Waals surface area contributed by atoms with Gasteiger partial charge >= 0.3 is 0 Å². The maximum absolute atomic E-state index is 4.04. The predicted molar refractivity (Wildman–Crippen MR) is 217 cm³/mol. The minimum atomic E-state index is -0.108. The second kappa shape index (κ2) is 12.5. The number of rotatable bonds is 9. The van der Waals surface area contributed by atoms with Gasteiger partial charge in [-0.15, -0.1) is 17.2 Å². The van der Waals surface area contributed by atoms with E-state index in [0.717, 1.165) is 57.8 Å². The Bertz CT molecular complexity index is 1270. The second-order valence-corrected chi connectivity index (χ2v) is 28.9. The van der Waals surface area contributed by atoms with E-state index in [0.29, 0.717) is 32.0 Å². The highest BCUT2D eigenvalue weighted by Crippen LogP contribution is 2.78. The molecule has 10 aliphatic rings. The zero-order chi connectivity index (χ0) is 33.9. The van der Waals surface area contributed by atoms with Gasteiger partial charge in [-0.05, 0) is 189 Å². The van der Waals surface area contributed by atoms with Crippen molar-refractivity contribution in [2.45, 2.75) is 178 Å². The van der Waals surface area contributed by atoms with Gasteiger partial charge in [-0.3, -0.25) is 0 Å². The van der Waals surface area contributed by atoms with E-state index in [2.05, 4.69) is 76.4 Å². The van der Waals surface area contributed by atoms with Crippen LogP contribution < -0.4 is 10.6 Å². The topological polar surface area (TPSA) is 24.1 Å². The van der Waals surface area contributed by atoms with Gasteiger partial charge in [0.05, 0.1) is 0 Å². The minimum Gasteiger partial charge on any atom is -0.310 e. The van der Waals surface area contributed by atoms with Crippen LogP contribution in [0.3, 0.4) is 0 Å². The van der Waals surface area contributed by atoms with Crippen molar-refractivity contribution in [1.29, 1.82) is 0 Å². The van der Waals surface area contributed by atoms with Crippen LogP contribution in [0, 0.1) is 45.3 Å². The Morgan fingerprint density at radius 2 is 1.12 bits per heavy atom. The van der Waals surface area contributed by atoms with Crippen molar-refractivity contribution in [2.24, 2.45) is 45.3 Å². The molecule has 11 rings (SSSR count). The molecule has 2 N–H and O–H groups in total. The van der Waals surface area contributed by atoms with Gasteiger partial charge in [0.15, 0.2) is 0 Å². The van der Waals surface area contributed by atoms with Crippen molar-refractivity contribution in [1.82, 2.24) is 10.6 Å². The van der Waals surface area contributed by atoms with Crippen molar-refractivity contribution >= 4 is 25.1 Å². The molecule has 8 saturated carbocycles. The summed E-state index contributed by atoms with van der Waals surface area (Å²) >= 11 is 0. The number of hydrogen-bond donors (Lipinski definition) is 2. The van der Waals surface area contributed by atoms with Crippen molar-refractivity contribution in [3.63, 3.8) is 0 Å². The van der Waals surface area contributed by atoms with Gasteiger partial charge in [-0.2, -0.15) is 0 Å². The summed E-state index contributed by atoms with van der Waals surface area (Å²) < 4.78 is 0. The number of nitrogens with one attached hydrogen (secondary N) is 2. The van der Waals surface area contributed by atoms with Gasteiger partial charge in [0.2, 0.25) is 0 Å². The molecular weight excluding hydrogens is 649 g/mol. The molecule has 0 amide bonds. The van der Waals surface area contributed by atoms with Gasteiger partial charge < -0.3 is 10.6 Å². The average Bonchev–Trinajstić information content (AvgIpc) is 3.73. The smallest absolute Gasteiger partial charge is 0.0286 e. The third-order valence-corrected chi connectivity index (χ3v) is 24.4. The van der Waals surface area contributed by atoms with Crippen LogP contribution in [0.15, 0.2) is 24.3 Å². The van der Waals surface area contributed by atoms with E-state index >= 15 is 0 Å². The maximum Gasteiger partial charge on any atom is 0.0286 e. The fourth-order valence-electron chi connectivity index (χ4n) is 14.9. The molecule has 2 saturated heterocycles. The first-order chi connectivity index (χ1) is 23.3. The summed E-state index contributed by atoms with van der Waals surface area (Å²) in [5.41, 5.74) is 5.69. The van der Waals surface area contributed by atoms with Crippen LogP contribution in [-0.4, -0.2) is 35.0 Å². The molecule has 2 nitrogen and oxygen atoms in total. The molecule has 2 heterocycles. The van der Waals surface area contributed by atoms with Crippen molar-refractivity contribution in [3.05, 3.63) is 35.4 Å². The molecular formula is C44H71N2P3. The molecule has 8 atom stereocenters. The van der Waals surface area contributed by atoms with Crippen LogP contribution >= 0.6 is 25.1 Å². The molecule has 8 unspecified atom stereocenters. The van der Waals surface area contributed by atoms with E-state index in [4.69, 9.17) is 0 Å². The highest BCUT2D eigenvalue weighted by Gasteiger charge is 2.64. The van der Waals surface area contributed by atoms with Crippen LogP contribution in [0.5, 0.6) is 0 Å². The molecule has 5 heteroatoms. The first-order valence-corrected chi connectivity index (χ1v) is 24.9. The Balaban J connectivity index is 1.09. The highest BCUT2D eigenvalue weighted by molar-refractivity contribution is 7.59. The summed E-state index contributed by atoms with van der Waals surface area (Å²) in [5, 5.41) is 10.1. The van der Waals surface area contributed by atoms with Crippen LogP contribution in [0.25, 0.3) is 0 Å². The molecule has 0 radical (unpaired) electrons. The van der Waals surface area contributed by atoms with E-state index in [1.54, 1.807) is 56.9 Å². The minimum absolute atomic E-state index is 0.108. The average molecular weight is 721 g/mol. The maximum atomic E-state index is 4.04. The van der Waals surface area contributed by atoms with E-state index in [1.807, 2.05) is 5.56 Å². The lowest BCUT2D eigenvalue weighted by atomic mass is 9.43. The lowest BCUT2D eigenvalue weighted by Crippen LogP contribution is -2.58. The Morgan fingerprint density at radius 3 is 1.53 bits per heavy atom. The highest BCUT2D eigenvalue weighted by atomic mass is 31.1. The zero-order valence-corrected chi connectivity index (χ0v) is 35.1. The number of benzene rings is 1. The van der Waals surface area contributed by atoms with Crippen LogP contribution in [0.4, 0.5) is 0 Å². The standard InChI is InChI=1S/C44H71N2P3/c1-39(2,3)41-19-30-17-31(20-41)24-43(23-30,28-41)47-38(48-44-25-32-18-33(26-44)22-42(21-32,29-44)40(4,5)6)35-12-8-7-11-34(35)27-49(36-13-9-15-45-36)37-14-10-16-46-37/h7-8,11-12,30-33,36-38,45-48H,9-10,13-29H2,1-6H3. The molecule has 49 heavy (non-hydrogen) atoms. The fraction of sp³-hybridized carbons (Fsp3) is 0.864. The molecule has 0 spiro atoms. The Hall–Kier alpha value is 0.430. The predicted octanol–water partition coefficient (Wildman–Crippen LogP) is 12.2. The summed E-state index contributed by atoms with van der Waals surface area (Å²) in [6, 6.07) is 10.2. The van der Waals surface area contributed by atoms with Gasteiger partial charge in [-0.25, -0.2) is 0 Å². The SMILES string of the molecule is CC(C)(C)C12CC3CC(CC(PC(PC45CC6CC(C4)CC(C(C)(C)C)(C6)C5)c4ccccc4CP(C4CCCN4)C4CCCN4)(C3)C1)C2. The lowest BCUT2D eigenvalue weighted by Gasteiger charge is -2.68. The first kappa shape index (κ1) is 35.2. The Labute approximate surface area is 306 Å². The van der Waals surface area contributed by atoms with Gasteiger partial charge in [0, 0.05) is 17.0 Å². The van der Waals surface area contributed by atoms with Crippen molar-refractivity contribution in [3.8, 4) is 0 Å². The summed E-state index contributed by atoms with van der Waals surface area (Å²) in [6.07, 6.45) is 25.5. The van der Waals surface area contributed by atoms with Crippen molar-refractivity contribution in [2.75, 3.05) is 13.1 Å². The quantitative estimate of drug-likeness (QED) is 0.248. The molecule has 2 aliphatic heterocycles. The third kappa shape index (κ3) is 6.23. The lowest BCUT2D eigenvalue weighted by molar-refractivity contribution is -0.103. The van der Waals surface area contributed by atoms with E-state index in [9.17, 15) is 0 Å². The summed E-state index contributed by atoms with van der Waals surface area (Å²) in [6.45, 7) is 18.2. The van der Waals surface area contributed by atoms with Gasteiger partial charge in [-0.1, -0.05) is 73.7 Å². The van der Waals surface area contributed by atoms with Gasteiger partial charge in [0.1, 0.15) is 0 Å². The van der Waals surface area contributed by atoms with E-state index < -0.39 is 0 Å². The van der Waals surface area contributed by atoms with Crippen molar-refractivity contribution < 1.29 is 0 Å². The van der Waals surface area contributed by atoms with Crippen LogP contribution in [0.1, 0.15) is 161 Å². The monoisotopic (exact) mass is 720 g/mol. The zero-order valence-electron chi connectivity index (χ0n) is 32.2. The van der Waals surface area contributed by atoms with Crippen LogP contribution in [0.2, 0.25) is 0 Å². The molecule has 8 aliphatic carbocycles. The third-order valence-electron chi connectivity index (χ3n) is 16.8. The van der Waals surface area contributed by atoms with Gasteiger partial charge in [0.25, 0.3) is 0 Å². The molecule has 8 bridgehead atoms. The summed E-state index contributed by atoms with van der Waals surface area (Å²) in [5.74, 6) is 5.53. The molecule has 1 aromatic carbocycles. The largest absolute Gasteiger partial charge is 0.310 e. The van der Waals surface area contributed by atoms with E-state index in [-0.39, 0.29) is 7.92 Å². The molecule has 272 valence electrons. The number of hydrogen-bond acceptors (Lipinski definition) is 2. The Morgan fingerprint density at radius 1 is 0.673 bits per heavy atom. The normalized spacial score (nSPS) is 45.8. The first-order valence-electron chi connectivity index (χ1n) is 21.1.